The number of nitrogens with zero attached hydrogens (tertiary/aromatic N) is 2. The largest absolute Gasteiger partial charge is 0.367 e. The van der Waals surface area contributed by atoms with E-state index in [1.54, 1.807) is 0 Å². The highest BCUT2D eigenvalue weighted by atomic mass is 16.5. The summed E-state index contributed by atoms with van der Waals surface area (Å²) < 4.78 is 5.45. The second kappa shape index (κ2) is 10.2. The van der Waals surface area contributed by atoms with Gasteiger partial charge in [0.15, 0.2) is 0 Å². The molecule has 29 heavy (non-hydrogen) atoms. The van der Waals surface area contributed by atoms with Crippen LogP contribution >= 0.6 is 0 Å². The first-order valence-electron chi connectivity index (χ1n) is 9.50. The fourth-order valence-corrected chi connectivity index (χ4v) is 2.69. The van der Waals surface area contributed by atoms with Crippen molar-refractivity contribution < 1.29 is 9.53 Å². The van der Waals surface area contributed by atoms with Crippen LogP contribution in [0.2, 0.25) is 0 Å². The van der Waals surface area contributed by atoms with Crippen LogP contribution in [-0.2, 0) is 16.1 Å². The van der Waals surface area contributed by atoms with Gasteiger partial charge in [-0.25, -0.2) is 4.98 Å². The van der Waals surface area contributed by atoms with Gasteiger partial charge in [-0.15, -0.1) is 0 Å². The number of anilines is 4. The van der Waals surface area contributed by atoms with E-state index >= 15 is 0 Å². The molecule has 0 aliphatic carbocycles. The Bertz CT molecular complexity index is 930. The first-order valence-corrected chi connectivity index (χ1v) is 9.50. The lowest BCUT2D eigenvalue weighted by Crippen LogP contribution is -2.18. The standard InChI is InChI=1S/C22H25N5O2/c1-3-23-22-24-16(2)13-20(27-22)25-18-9-11-19(12-10-18)26-21(28)15-29-14-17-7-5-4-6-8-17/h4-13H,3,14-15H2,1-2H3,(H,26,28)(H2,23,24,25,27). The Balaban J connectivity index is 1.50. The van der Waals surface area contributed by atoms with Crippen LogP contribution in [0.4, 0.5) is 23.1 Å². The molecule has 0 saturated carbocycles. The number of carbonyl (C=O) groups excluding carboxylic acids is 1. The summed E-state index contributed by atoms with van der Waals surface area (Å²) in [5.74, 6) is 1.11. The maximum atomic E-state index is 12.0. The summed E-state index contributed by atoms with van der Waals surface area (Å²) in [5, 5.41) is 9.19. The Labute approximate surface area is 170 Å². The van der Waals surface area contributed by atoms with Crippen LogP contribution in [0.5, 0.6) is 0 Å². The van der Waals surface area contributed by atoms with E-state index in [0.717, 1.165) is 23.5 Å². The van der Waals surface area contributed by atoms with Crippen LogP contribution in [0, 0.1) is 6.92 Å². The summed E-state index contributed by atoms with van der Waals surface area (Å²) in [6.07, 6.45) is 0. The molecule has 3 N–H and O–H groups in total. The summed E-state index contributed by atoms with van der Waals surface area (Å²) in [4.78, 5) is 20.8. The monoisotopic (exact) mass is 391 g/mol. The SMILES string of the molecule is CCNc1nc(C)cc(Nc2ccc(NC(=O)COCc3ccccc3)cc2)n1. The number of ether oxygens (including phenoxy) is 1. The maximum absolute atomic E-state index is 12.0. The molecule has 0 unspecified atom stereocenters. The number of amides is 1. The topological polar surface area (TPSA) is 88.2 Å². The molecule has 0 bridgehead atoms. The highest BCUT2D eigenvalue weighted by Gasteiger charge is 2.05. The minimum absolute atomic E-state index is 0.00229. The van der Waals surface area contributed by atoms with Gasteiger partial charge in [0, 0.05) is 29.7 Å². The zero-order chi connectivity index (χ0) is 20.5. The number of nitrogens with one attached hydrogen (secondary N) is 3. The predicted molar refractivity (Wildman–Crippen MR) is 115 cm³/mol. The normalized spacial score (nSPS) is 10.4. The third kappa shape index (κ3) is 6.58. The van der Waals surface area contributed by atoms with Crippen molar-refractivity contribution in [3.8, 4) is 0 Å². The van der Waals surface area contributed by atoms with Gasteiger partial charge in [-0.05, 0) is 43.7 Å². The Morgan fingerprint density at radius 1 is 1.00 bits per heavy atom. The van der Waals surface area contributed by atoms with Crippen molar-refractivity contribution in [3.63, 3.8) is 0 Å². The van der Waals surface area contributed by atoms with Gasteiger partial charge in [0.05, 0.1) is 6.61 Å². The molecule has 1 amide bonds. The van der Waals surface area contributed by atoms with Gasteiger partial charge in [0.2, 0.25) is 11.9 Å². The molecule has 0 fully saturated rings. The molecule has 0 atom stereocenters. The lowest BCUT2D eigenvalue weighted by atomic mass is 10.2. The molecule has 7 heteroatoms. The molecule has 7 nitrogen and oxygen atoms in total. The quantitative estimate of drug-likeness (QED) is 0.509. The van der Waals surface area contributed by atoms with Crippen molar-refractivity contribution in [2.75, 3.05) is 29.1 Å². The molecule has 2 aromatic carbocycles. The van der Waals surface area contributed by atoms with Crippen molar-refractivity contribution in [3.05, 3.63) is 71.9 Å². The van der Waals surface area contributed by atoms with E-state index in [-0.39, 0.29) is 12.5 Å². The number of aromatic nitrogens is 2. The van der Waals surface area contributed by atoms with Gasteiger partial charge in [0.1, 0.15) is 12.4 Å². The number of carbonyl (C=O) groups is 1. The number of rotatable bonds is 9. The molecule has 3 aromatic rings. The summed E-state index contributed by atoms with van der Waals surface area (Å²) >= 11 is 0. The molecule has 0 aliphatic rings. The summed E-state index contributed by atoms with van der Waals surface area (Å²) in [6.45, 7) is 5.09. The highest BCUT2D eigenvalue weighted by Crippen LogP contribution is 2.19. The van der Waals surface area contributed by atoms with Crippen molar-refractivity contribution in [1.29, 1.82) is 0 Å². The van der Waals surface area contributed by atoms with Crippen LogP contribution in [-0.4, -0.2) is 29.0 Å². The summed E-state index contributed by atoms with van der Waals surface area (Å²) in [5.41, 5.74) is 3.48. The Morgan fingerprint density at radius 3 is 2.45 bits per heavy atom. The highest BCUT2D eigenvalue weighted by molar-refractivity contribution is 5.91. The van der Waals surface area contributed by atoms with Crippen molar-refractivity contribution in [2.45, 2.75) is 20.5 Å². The molecule has 0 radical (unpaired) electrons. The number of aryl methyl sites for hydroxylation is 1. The van der Waals surface area contributed by atoms with E-state index in [1.165, 1.54) is 0 Å². The molecule has 0 saturated heterocycles. The third-order valence-electron chi connectivity index (χ3n) is 3.97. The number of hydrogen-bond donors (Lipinski definition) is 3. The van der Waals surface area contributed by atoms with Gasteiger partial charge in [-0.2, -0.15) is 4.98 Å². The first kappa shape index (κ1) is 20.3. The molecule has 0 spiro atoms. The predicted octanol–water partition coefficient (Wildman–Crippen LogP) is 4.12. The van der Waals surface area contributed by atoms with Crippen LogP contribution in [0.25, 0.3) is 0 Å². The van der Waals surface area contributed by atoms with Crippen molar-refractivity contribution >= 4 is 29.0 Å². The molecule has 1 aromatic heterocycles. The van der Waals surface area contributed by atoms with Crippen molar-refractivity contribution in [1.82, 2.24) is 9.97 Å². The van der Waals surface area contributed by atoms with Gasteiger partial charge in [0.25, 0.3) is 0 Å². The van der Waals surface area contributed by atoms with Crippen molar-refractivity contribution in [2.24, 2.45) is 0 Å². The van der Waals surface area contributed by atoms with E-state index in [9.17, 15) is 4.79 Å². The van der Waals surface area contributed by atoms with Gasteiger partial charge < -0.3 is 20.7 Å². The first-order chi connectivity index (χ1) is 14.1. The zero-order valence-corrected chi connectivity index (χ0v) is 16.6. The van der Waals surface area contributed by atoms with E-state index in [4.69, 9.17) is 4.74 Å². The lowest BCUT2D eigenvalue weighted by Gasteiger charge is -2.10. The average Bonchev–Trinajstić information content (AvgIpc) is 2.70. The Kier molecular flexibility index (Phi) is 7.13. The second-order valence-electron chi connectivity index (χ2n) is 6.48. The van der Waals surface area contributed by atoms with E-state index in [0.29, 0.717) is 24.1 Å². The third-order valence-corrected chi connectivity index (χ3v) is 3.97. The summed E-state index contributed by atoms with van der Waals surface area (Å²) in [7, 11) is 0. The van der Waals surface area contributed by atoms with Crippen LogP contribution < -0.4 is 16.0 Å². The minimum atomic E-state index is -0.191. The van der Waals surface area contributed by atoms with E-state index in [2.05, 4.69) is 25.9 Å². The second-order valence-corrected chi connectivity index (χ2v) is 6.48. The maximum Gasteiger partial charge on any atom is 0.250 e. The molecule has 0 aliphatic heterocycles. The summed E-state index contributed by atoms with van der Waals surface area (Å²) in [6, 6.07) is 19.1. The molecular formula is C22H25N5O2. The minimum Gasteiger partial charge on any atom is -0.367 e. The average molecular weight is 391 g/mol. The Morgan fingerprint density at radius 2 is 1.72 bits per heavy atom. The lowest BCUT2D eigenvalue weighted by molar-refractivity contribution is -0.121. The molecule has 150 valence electrons. The fraction of sp³-hybridized carbons (Fsp3) is 0.227. The fourth-order valence-electron chi connectivity index (χ4n) is 2.69. The molecule has 3 rings (SSSR count). The molecule has 1 heterocycles. The van der Waals surface area contributed by atoms with Crippen LogP contribution in [0.1, 0.15) is 18.2 Å². The van der Waals surface area contributed by atoms with E-state index in [1.807, 2.05) is 74.5 Å². The van der Waals surface area contributed by atoms with Gasteiger partial charge in [-0.1, -0.05) is 30.3 Å². The van der Waals surface area contributed by atoms with Crippen LogP contribution in [0.15, 0.2) is 60.7 Å². The molecular weight excluding hydrogens is 366 g/mol. The number of hydrogen-bond acceptors (Lipinski definition) is 6. The Hall–Kier alpha value is -3.45. The van der Waals surface area contributed by atoms with Gasteiger partial charge in [-0.3, -0.25) is 4.79 Å². The smallest absolute Gasteiger partial charge is 0.250 e. The van der Waals surface area contributed by atoms with E-state index < -0.39 is 0 Å². The number of benzene rings is 2. The zero-order valence-electron chi connectivity index (χ0n) is 16.6. The van der Waals surface area contributed by atoms with Gasteiger partial charge >= 0.3 is 0 Å². The van der Waals surface area contributed by atoms with Crippen LogP contribution in [0.3, 0.4) is 0 Å².